The molecule has 27 heavy (non-hydrogen) atoms. The summed E-state index contributed by atoms with van der Waals surface area (Å²) in [4.78, 5) is 0. The van der Waals surface area contributed by atoms with E-state index in [9.17, 15) is 0 Å². The fourth-order valence-electron chi connectivity index (χ4n) is 3.72. The van der Waals surface area contributed by atoms with E-state index in [0.717, 1.165) is 24.5 Å². The van der Waals surface area contributed by atoms with E-state index in [1.807, 2.05) is 18.2 Å². The molecule has 0 aliphatic carbocycles. The lowest BCUT2D eigenvalue weighted by Crippen LogP contribution is -2.40. The highest BCUT2D eigenvalue weighted by Crippen LogP contribution is 2.29. The second-order valence-corrected chi connectivity index (χ2v) is 7.50. The molecule has 2 atom stereocenters. The first kappa shape index (κ1) is 18.2. The first-order chi connectivity index (χ1) is 13.3. The fourth-order valence-corrected chi connectivity index (χ4v) is 3.85. The third kappa shape index (κ3) is 4.59. The molecule has 0 spiro atoms. The molecule has 0 amide bonds. The summed E-state index contributed by atoms with van der Waals surface area (Å²) in [6, 6.07) is 27.3. The lowest BCUT2D eigenvalue weighted by molar-refractivity contribution is 0.0106. The van der Waals surface area contributed by atoms with Crippen LogP contribution in [0.15, 0.2) is 78.9 Å². The molecule has 1 saturated heterocycles. The second-order valence-electron chi connectivity index (χ2n) is 7.06. The molecule has 3 aromatic rings. The van der Waals surface area contributed by atoms with Gasteiger partial charge in [0.1, 0.15) is 0 Å². The van der Waals surface area contributed by atoms with Crippen molar-refractivity contribution in [1.82, 2.24) is 5.32 Å². The Morgan fingerprint density at radius 3 is 2.30 bits per heavy atom. The average molecular weight is 378 g/mol. The number of ether oxygens (including phenoxy) is 1. The largest absolute Gasteiger partial charge is 0.372 e. The van der Waals surface area contributed by atoms with Crippen LogP contribution < -0.4 is 5.32 Å². The van der Waals surface area contributed by atoms with Crippen molar-refractivity contribution in [2.75, 3.05) is 13.1 Å². The van der Waals surface area contributed by atoms with Gasteiger partial charge in [-0.1, -0.05) is 78.3 Å². The van der Waals surface area contributed by atoms with Crippen molar-refractivity contribution in [3.63, 3.8) is 0 Å². The lowest BCUT2D eigenvalue weighted by Gasteiger charge is -2.32. The van der Waals surface area contributed by atoms with Gasteiger partial charge in [0, 0.05) is 17.5 Å². The van der Waals surface area contributed by atoms with E-state index in [1.54, 1.807) is 0 Å². The van der Waals surface area contributed by atoms with Gasteiger partial charge in [-0.05, 0) is 47.4 Å². The Kier molecular flexibility index (Phi) is 5.88. The lowest BCUT2D eigenvalue weighted by atomic mass is 9.88. The minimum absolute atomic E-state index is 0.175. The third-order valence-corrected chi connectivity index (χ3v) is 5.50. The van der Waals surface area contributed by atoms with Gasteiger partial charge in [0.2, 0.25) is 0 Å². The minimum Gasteiger partial charge on any atom is -0.372 e. The van der Waals surface area contributed by atoms with Crippen molar-refractivity contribution in [2.24, 2.45) is 0 Å². The summed E-state index contributed by atoms with van der Waals surface area (Å²) in [7, 11) is 0. The number of halogens is 1. The maximum atomic E-state index is 6.32. The zero-order valence-corrected chi connectivity index (χ0v) is 16.0. The predicted molar refractivity (Wildman–Crippen MR) is 112 cm³/mol. The smallest absolute Gasteiger partial charge is 0.0772 e. The van der Waals surface area contributed by atoms with Crippen molar-refractivity contribution < 1.29 is 4.74 Å². The van der Waals surface area contributed by atoms with Crippen molar-refractivity contribution in [2.45, 2.75) is 25.0 Å². The number of hydrogen-bond donors (Lipinski definition) is 1. The Balaban J connectivity index is 1.41. The van der Waals surface area contributed by atoms with Crippen LogP contribution in [-0.2, 0) is 11.3 Å². The Hall–Kier alpha value is -2.13. The van der Waals surface area contributed by atoms with E-state index >= 15 is 0 Å². The highest BCUT2D eigenvalue weighted by molar-refractivity contribution is 6.30. The summed E-state index contributed by atoms with van der Waals surface area (Å²) < 4.78 is 6.32. The van der Waals surface area contributed by atoms with Gasteiger partial charge >= 0.3 is 0 Å². The molecule has 3 aromatic carbocycles. The fraction of sp³-hybridized carbons (Fsp3) is 0.250. The normalized spacial score (nSPS) is 19.7. The predicted octanol–water partition coefficient (Wildman–Crippen LogP) is 5.67. The van der Waals surface area contributed by atoms with E-state index in [1.165, 1.54) is 22.3 Å². The monoisotopic (exact) mass is 377 g/mol. The van der Waals surface area contributed by atoms with Crippen LogP contribution in [0.2, 0.25) is 5.02 Å². The van der Waals surface area contributed by atoms with Gasteiger partial charge in [-0.25, -0.2) is 0 Å². The molecule has 0 radical (unpaired) electrons. The number of hydrogen-bond acceptors (Lipinski definition) is 2. The summed E-state index contributed by atoms with van der Waals surface area (Å²) in [6.07, 6.45) is 1.26. The van der Waals surface area contributed by atoms with Crippen LogP contribution in [0.5, 0.6) is 0 Å². The SMILES string of the molecule is Clc1ccc(C2CCNCC2OCc2ccc(-c3ccccc3)cc2)cc1. The first-order valence-electron chi connectivity index (χ1n) is 9.52. The van der Waals surface area contributed by atoms with E-state index in [4.69, 9.17) is 16.3 Å². The molecular formula is C24H24ClNO. The Morgan fingerprint density at radius 1 is 0.852 bits per heavy atom. The minimum atomic E-state index is 0.175. The Morgan fingerprint density at radius 2 is 1.56 bits per heavy atom. The summed E-state index contributed by atoms with van der Waals surface area (Å²) in [6.45, 7) is 2.54. The van der Waals surface area contributed by atoms with Crippen LogP contribution in [0.25, 0.3) is 11.1 Å². The van der Waals surface area contributed by atoms with Crippen molar-refractivity contribution >= 4 is 11.6 Å². The zero-order chi connectivity index (χ0) is 18.5. The van der Waals surface area contributed by atoms with Gasteiger partial charge in [0.25, 0.3) is 0 Å². The summed E-state index contributed by atoms with van der Waals surface area (Å²) in [5.74, 6) is 0.409. The quantitative estimate of drug-likeness (QED) is 0.618. The molecule has 3 heteroatoms. The molecule has 1 heterocycles. The van der Waals surface area contributed by atoms with Crippen molar-refractivity contribution in [3.05, 3.63) is 95.0 Å². The number of piperidine rings is 1. The van der Waals surface area contributed by atoms with Crippen molar-refractivity contribution in [3.8, 4) is 11.1 Å². The molecule has 0 bridgehead atoms. The molecule has 0 aromatic heterocycles. The topological polar surface area (TPSA) is 21.3 Å². The Labute approximate surface area is 166 Å². The van der Waals surface area contributed by atoms with Crippen LogP contribution in [0, 0.1) is 0 Å². The highest BCUT2D eigenvalue weighted by atomic mass is 35.5. The molecule has 1 aliphatic rings. The van der Waals surface area contributed by atoms with Crippen molar-refractivity contribution in [1.29, 1.82) is 0 Å². The molecule has 1 N–H and O–H groups in total. The summed E-state index contributed by atoms with van der Waals surface area (Å²) in [5, 5.41) is 4.24. The first-order valence-corrected chi connectivity index (χ1v) is 9.89. The van der Waals surface area contributed by atoms with Gasteiger partial charge in [0.15, 0.2) is 0 Å². The number of nitrogens with one attached hydrogen (secondary N) is 1. The van der Waals surface area contributed by atoms with E-state index in [2.05, 4.69) is 66.0 Å². The van der Waals surface area contributed by atoms with Crippen LogP contribution in [0.3, 0.4) is 0 Å². The Bertz CT molecular complexity index is 846. The molecule has 2 nitrogen and oxygen atoms in total. The average Bonchev–Trinajstić information content (AvgIpc) is 2.74. The summed E-state index contributed by atoms with van der Waals surface area (Å²) in [5.41, 5.74) is 4.99. The maximum Gasteiger partial charge on any atom is 0.0772 e. The van der Waals surface area contributed by atoms with Crippen LogP contribution >= 0.6 is 11.6 Å². The van der Waals surface area contributed by atoms with Gasteiger partial charge < -0.3 is 10.1 Å². The zero-order valence-electron chi connectivity index (χ0n) is 15.3. The van der Waals surface area contributed by atoms with Crippen LogP contribution in [0.1, 0.15) is 23.5 Å². The molecule has 1 aliphatic heterocycles. The van der Waals surface area contributed by atoms with Gasteiger partial charge in [-0.3, -0.25) is 0 Å². The molecule has 1 fully saturated rings. The molecule has 138 valence electrons. The van der Waals surface area contributed by atoms with E-state index in [0.29, 0.717) is 12.5 Å². The third-order valence-electron chi connectivity index (χ3n) is 5.25. The molecule has 0 saturated carbocycles. The molecule has 4 rings (SSSR count). The standard InChI is InChI=1S/C24H24ClNO/c25-22-12-10-21(11-13-22)23-14-15-26-16-24(23)27-17-18-6-8-20(9-7-18)19-4-2-1-3-5-19/h1-13,23-24,26H,14-17H2. The van der Waals surface area contributed by atoms with Crippen LogP contribution in [-0.4, -0.2) is 19.2 Å². The van der Waals surface area contributed by atoms with E-state index in [-0.39, 0.29) is 6.10 Å². The highest BCUT2D eigenvalue weighted by Gasteiger charge is 2.27. The molecule has 2 unspecified atom stereocenters. The number of rotatable bonds is 5. The maximum absolute atomic E-state index is 6.32. The molecular weight excluding hydrogens is 354 g/mol. The van der Waals surface area contributed by atoms with Gasteiger partial charge in [-0.15, -0.1) is 0 Å². The number of benzene rings is 3. The summed E-state index contributed by atoms with van der Waals surface area (Å²) >= 11 is 6.04. The van der Waals surface area contributed by atoms with E-state index < -0.39 is 0 Å². The van der Waals surface area contributed by atoms with Gasteiger partial charge in [0.05, 0.1) is 12.7 Å². The van der Waals surface area contributed by atoms with Crippen LogP contribution in [0.4, 0.5) is 0 Å². The second kappa shape index (κ2) is 8.71. The van der Waals surface area contributed by atoms with Gasteiger partial charge in [-0.2, -0.15) is 0 Å².